The van der Waals surface area contributed by atoms with Gasteiger partial charge in [-0.3, -0.25) is 9.78 Å². The lowest BCUT2D eigenvalue weighted by Crippen LogP contribution is -2.31. The normalized spacial score (nSPS) is 10.6. The van der Waals surface area contributed by atoms with E-state index in [4.69, 9.17) is 0 Å². The molecule has 0 aliphatic rings. The highest BCUT2D eigenvalue weighted by atomic mass is 79.9. The van der Waals surface area contributed by atoms with Crippen LogP contribution in [0.4, 0.5) is 8.78 Å². The first-order valence-corrected chi connectivity index (χ1v) is 5.40. The van der Waals surface area contributed by atoms with Gasteiger partial charge in [-0.15, -0.1) is 0 Å². The Bertz CT molecular complexity index is 739. The van der Waals surface area contributed by atoms with Crippen molar-refractivity contribution in [2.45, 2.75) is 0 Å². The van der Waals surface area contributed by atoms with Gasteiger partial charge in [-0.1, -0.05) is 15.9 Å². The van der Waals surface area contributed by atoms with E-state index in [0.29, 0.717) is 9.04 Å². The highest BCUT2D eigenvalue weighted by Gasteiger charge is 2.17. The molecule has 2 rings (SSSR count). The molecule has 94 valence electrons. The van der Waals surface area contributed by atoms with Crippen molar-refractivity contribution in [3.8, 4) is 11.6 Å². The van der Waals surface area contributed by atoms with Gasteiger partial charge in [0.2, 0.25) is 11.7 Å². The molecule has 0 spiro atoms. The monoisotopic (exact) mass is 318 g/mol. The van der Waals surface area contributed by atoms with E-state index < -0.39 is 28.8 Å². The first kappa shape index (κ1) is 12.5. The molecule has 0 saturated heterocycles. The molecule has 1 aromatic heterocycles. The largest absolute Gasteiger partial charge is 0.492 e. The predicted molar refractivity (Wildman–Crippen MR) is 61.9 cm³/mol. The fraction of sp³-hybridized carbons (Fsp3) is 0. The van der Waals surface area contributed by atoms with Gasteiger partial charge in [-0.25, -0.2) is 13.8 Å². The summed E-state index contributed by atoms with van der Waals surface area (Å²) in [7, 11) is 0. The average Bonchev–Trinajstić information content (AvgIpc) is 2.29. The third-order valence-corrected chi connectivity index (χ3v) is 2.67. The van der Waals surface area contributed by atoms with E-state index in [9.17, 15) is 23.5 Å². The van der Waals surface area contributed by atoms with Crippen LogP contribution in [0.2, 0.25) is 0 Å². The Kier molecular flexibility index (Phi) is 3.04. The van der Waals surface area contributed by atoms with Crippen LogP contribution in [0.1, 0.15) is 0 Å². The van der Waals surface area contributed by atoms with Crippen molar-refractivity contribution in [2.75, 3.05) is 0 Å². The number of rotatable bonds is 1. The number of hydrogen-bond acceptors (Lipinski definition) is 3. The molecule has 0 atom stereocenters. The summed E-state index contributed by atoms with van der Waals surface area (Å²) in [5.74, 6) is -3.67. The summed E-state index contributed by atoms with van der Waals surface area (Å²) in [5, 5.41) is 9.40. The van der Waals surface area contributed by atoms with E-state index in [1.807, 2.05) is 0 Å². The molecule has 0 amide bonds. The van der Waals surface area contributed by atoms with Crippen molar-refractivity contribution in [2.24, 2.45) is 0 Å². The molecule has 1 heterocycles. The Hall–Kier alpha value is -1.96. The van der Waals surface area contributed by atoms with Crippen LogP contribution in [-0.4, -0.2) is 14.7 Å². The van der Waals surface area contributed by atoms with Crippen LogP contribution in [0.3, 0.4) is 0 Å². The molecule has 18 heavy (non-hydrogen) atoms. The van der Waals surface area contributed by atoms with Gasteiger partial charge in [0, 0.05) is 4.47 Å². The molecule has 0 aliphatic carbocycles. The van der Waals surface area contributed by atoms with Gasteiger partial charge in [-0.05, 0) is 18.2 Å². The number of H-pyrrole nitrogens is 1. The van der Waals surface area contributed by atoms with E-state index in [-0.39, 0.29) is 5.69 Å². The van der Waals surface area contributed by atoms with Gasteiger partial charge in [-0.2, -0.15) is 4.39 Å². The third-order valence-electron chi connectivity index (χ3n) is 2.18. The van der Waals surface area contributed by atoms with Gasteiger partial charge < -0.3 is 5.11 Å². The van der Waals surface area contributed by atoms with Crippen LogP contribution in [0.25, 0.3) is 5.69 Å². The maximum atomic E-state index is 13.6. The molecule has 0 bridgehead atoms. The fourth-order valence-corrected chi connectivity index (χ4v) is 1.72. The van der Waals surface area contributed by atoms with Gasteiger partial charge in [0.15, 0.2) is 0 Å². The van der Waals surface area contributed by atoms with E-state index in [1.165, 1.54) is 6.07 Å². The van der Waals surface area contributed by atoms with E-state index in [2.05, 4.69) is 15.9 Å². The van der Waals surface area contributed by atoms with Gasteiger partial charge in [0.25, 0.3) is 5.56 Å². The molecule has 2 N–H and O–H groups in total. The Labute approximate surface area is 106 Å². The Morgan fingerprint density at radius 3 is 2.56 bits per heavy atom. The lowest BCUT2D eigenvalue weighted by molar-refractivity contribution is 0.384. The van der Waals surface area contributed by atoms with Crippen LogP contribution in [0.15, 0.2) is 32.3 Å². The topological polar surface area (TPSA) is 75.1 Å². The quantitative estimate of drug-likeness (QED) is 0.831. The maximum Gasteiger partial charge on any atom is 0.336 e. The SMILES string of the molecule is O=c1[nH]c(=O)n(-c2ccc(Br)cc2F)c(O)c1F. The summed E-state index contributed by atoms with van der Waals surface area (Å²) in [6.45, 7) is 0. The highest BCUT2D eigenvalue weighted by Crippen LogP contribution is 2.21. The van der Waals surface area contributed by atoms with E-state index in [0.717, 1.165) is 12.1 Å². The molecule has 5 nitrogen and oxygen atoms in total. The third kappa shape index (κ3) is 1.94. The summed E-state index contributed by atoms with van der Waals surface area (Å²) >= 11 is 3.01. The number of aromatic nitrogens is 2. The second-order valence-electron chi connectivity index (χ2n) is 3.33. The van der Waals surface area contributed by atoms with Crippen molar-refractivity contribution in [3.05, 3.63) is 55.1 Å². The molecule has 8 heteroatoms. The number of hydrogen-bond donors (Lipinski definition) is 2. The fourth-order valence-electron chi connectivity index (χ4n) is 1.39. The smallest absolute Gasteiger partial charge is 0.336 e. The molecule has 0 saturated carbocycles. The lowest BCUT2D eigenvalue weighted by atomic mass is 10.3. The summed E-state index contributed by atoms with van der Waals surface area (Å²) in [6, 6.07) is 3.58. The minimum absolute atomic E-state index is 0.332. The zero-order valence-electron chi connectivity index (χ0n) is 8.58. The lowest BCUT2D eigenvalue weighted by Gasteiger charge is -2.09. The molecule has 0 unspecified atom stereocenters. The molecule has 0 radical (unpaired) electrons. The Balaban J connectivity index is 2.84. The average molecular weight is 319 g/mol. The van der Waals surface area contributed by atoms with Crippen molar-refractivity contribution in [1.29, 1.82) is 0 Å². The van der Waals surface area contributed by atoms with Crippen LogP contribution >= 0.6 is 15.9 Å². The number of aromatic hydroxyl groups is 1. The van der Waals surface area contributed by atoms with E-state index >= 15 is 0 Å². The second-order valence-corrected chi connectivity index (χ2v) is 4.24. The van der Waals surface area contributed by atoms with E-state index in [1.54, 1.807) is 4.98 Å². The molecule has 0 aliphatic heterocycles. The zero-order valence-corrected chi connectivity index (χ0v) is 10.2. The van der Waals surface area contributed by atoms with Gasteiger partial charge >= 0.3 is 5.69 Å². The van der Waals surface area contributed by atoms with Crippen molar-refractivity contribution in [3.63, 3.8) is 0 Å². The number of nitrogens with one attached hydrogen (secondary N) is 1. The highest BCUT2D eigenvalue weighted by molar-refractivity contribution is 9.10. The molecule has 1 aromatic carbocycles. The Morgan fingerprint density at radius 1 is 1.28 bits per heavy atom. The molecule has 2 aromatic rings. The zero-order chi connectivity index (χ0) is 13.4. The van der Waals surface area contributed by atoms with Gasteiger partial charge in [0.1, 0.15) is 5.82 Å². The van der Waals surface area contributed by atoms with Gasteiger partial charge in [0.05, 0.1) is 5.69 Å². The van der Waals surface area contributed by atoms with Crippen LogP contribution < -0.4 is 11.2 Å². The molecular formula is C10H5BrF2N2O3. The number of benzene rings is 1. The summed E-state index contributed by atoms with van der Waals surface area (Å²) in [5.41, 5.74) is -2.89. The first-order valence-electron chi connectivity index (χ1n) is 4.61. The Morgan fingerprint density at radius 2 is 1.94 bits per heavy atom. The number of aromatic amines is 1. The minimum Gasteiger partial charge on any atom is -0.492 e. The van der Waals surface area contributed by atoms with Crippen LogP contribution in [0.5, 0.6) is 5.88 Å². The maximum absolute atomic E-state index is 13.6. The van der Waals surface area contributed by atoms with Crippen molar-refractivity contribution < 1.29 is 13.9 Å². The number of nitrogens with zero attached hydrogens (tertiary/aromatic N) is 1. The minimum atomic E-state index is -1.56. The summed E-state index contributed by atoms with van der Waals surface area (Å²) < 4.78 is 27.5. The second kappa shape index (κ2) is 4.37. The van der Waals surface area contributed by atoms with Crippen LogP contribution in [-0.2, 0) is 0 Å². The summed E-state index contributed by atoms with van der Waals surface area (Å²) in [4.78, 5) is 24.0. The molecular weight excluding hydrogens is 314 g/mol. The molecule has 0 fully saturated rings. The first-order chi connectivity index (χ1) is 8.41. The van der Waals surface area contributed by atoms with Crippen molar-refractivity contribution in [1.82, 2.24) is 9.55 Å². The standard InChI is InChI=1S/C10H5BrF2N2O3/c11-4-1-2-6(5(12)3-4)15-9(17)7(13)8(16)14-10(15)18/h1-3,17H,(H,14,16,18). The number of halogens is 3. The summed E-state index contributed by atoms with van der Waals surface area (Å²) in [6.07, 6.45) is 0. The predicted octanol–water partition coefficient (Wildman–Crippen LogP) is 1.27. The van der Waals surface area contributed by atoms with Crippen LogP contribution in [0, 0.1) is 11.6 Å². The van der Waals surface area contributed by atoms with Crippen molar-refractivity contribution >= 4 is 15.9 Å².